The Morgan fingerprint density at radius 1 is 1.16 bits per heavy atom. The fourth-order valence-electron chi connectivity index (χ4n) is 3.63. The van der Waals surface area contributed by atoms with Gasteiger partial charge in [0.25, 0.3) is 0 Å². The first-order chi connectivity index (χ1) is 14.3. The molecule has 1 aliphatic heterocycles. The summed E-state index contributed by atoms with van der Waals surface area (Å²) in [5.41, 5.74) is -0.347. The molecule has 1 saturated heterocycles. The molecule has 1 aromatic rings. The Morgan fingerprint density at radius 3 is 2.39 bits per heavy atom. The first kappa shape index (κ1) is 25.0. The van der Waals surface area contributed by atoms with Crippen LogP contribution in [-0.4, -0.2) is 45.9 Å². The Balaban J connectivity index is 2.47. The average molecular weight is 434 g/mol. The van der Waals surface area contributed by atoms with Gasteiger partial charge >= 0.3 is 12.2 Å². The van der Waals surface area contributed by atoms with Crippen LogP contribution in [0.25, 0.3) is 0 Å². The highest BCUT2D eigenvalue weighted by Gasteiger charge is 2.36. The van der Waals surface area contributed by atoms with Crippen molar-refractivity contribution in [3.05, 3.63) is 23.9 Å². The van der Waals surface area contributed by atoms with Crippen LogP contribution in [0.15, 0.2) is 18.3 Å². The molecule has 0 spiro atoms. The van der Waals surface area contributed by atoms with Gasteiger partial charge in [-0.2, -0.15) is 0 Å². The van der Waals surface area contributed by atoms with E-state index in [1.807, 2.05) is 67.5 Å². The molecule has 0 radical (unpaired) electrons. The topological polar surface area (TPSA) is 72.0 Å². The number of hydrogen-bond donors (Lipinski definition) is 0. The van der Waals surface area contributed by atoms with E-state index in [0.717, 1.165) is 31.2 Å². The Hall–Kier alpha value is -2.31. The SMILES string of the molecule is CCC(C)N(C(=O)OC(C)(C)C)c1ncccc1C1CCCCN1C(=O)OC(C)(C)C. The van der Waals surface area contributed by atoms with Crippen molar-refractivity contribution in [2.24, 2.45) is 0 Å². The minimum atomic E-state index is -0.620. The molecular formula is C24H39N3O4. The number of amides is 2. The smallest absolute Gasteiger partial charge is 0.416 e. The normalized spacial score (nSPS) is 18.3. The second kappa shape index (κ2) is 9.88. The number of carbonyl (C=O) groups excluding carboxylic acids is 2. The standard InChI is InChI=1S/C24H39N3O4/c1-9-17(2)27(22(29)31-24(6,7)8)20-18(13-12-15-25-20)19-14-10-11-16-26(19)21(28)30-23(3,4)5/h12-13,15,17,19H,9-11,14,16H2,1-8H3. The van der Waals surface area contributed by atoms with Gasteiger partial charge in [0.05, 0.1) is 6.04 Å². The highest BCUT2D eigenvalue weighted by Crippen LogP contribution is 2.37. The van der Waals surface area contributed by atoms with Crippen molar-refractivity contribution in [3.63, 3.8) is 0 Å². The van der Waals surface area contributed by atoms with Gasteiger partial charge in [-0.15, -0.1) is 0 Å². The summed E-state index contributed by atoms with van der Waals surface area (Å²) >= 11 is 0. The van der Waals surface area contributed by atoms with Crippen molar-refractivity contribution in [2.75, 3.05) is 11.4 Å². The third-order valence-corrected chi connectivity index (χ3v) is 5.16. The van der Waals surface area contributed by atoms with E-state index in [1.165, 1.54) is 0 Å². The summed E-state index contributed by atoms with van der Waals surface area (Å²) in [5.74, 6) is 0.548. The van der Waals surface area contributed by atoms with E-state index >= 15 is 0 Å². The second-order valence-electron chi connectivity index (χ2n) is 10.2. The Labute approximate surface area is 187 Å². The largest absolute Gasteiger partial charge is 0.444 e. The van der Waals surface area contributed by atoms with Gasteiger partial charge in [0.15, 0.2) is 0 Å². The number of anilines is 1. The maximum atomic E-state index is 13.2. The van der Waals surface area contributed by atoms with Crippen molar-refractivity contribution in [2.45, 2.75) is 104 Å². The van der Waals surface area contributed by atoms with Crippen molar-refractivity contribution in [1.82, 2.24) is 9.88 Å². The fourth-order valence-corrected chi connectivity index (χ4v) is 3.63. The zero-order valence-corrected chi connectivity index (χ0v) is 20.4. The predicted molar refractivity (Wildman–Crippen MR) is 122 cm³/mol. The Bertz CT molecular complexity index is 767. The average Bonchev–Trinajstić information content (AvgIpc) is 2.65. The molecule has 2 atom stereocenters. The van der Waals surface area contributed by atoms with Gasteiger partial charge in [-0.25, -0.2) is 14.6 Å². The zero-order valence-electron chi connectivity index (χ0n) is 20.4. The van der Waals surface area contributed by atoms with Gasteiger partial charge in [-0.3, -0.25) is 4.90 Å². The van der Waals surface area contributed by atoms with Crippen LogP contribution in [0.2, 0.25) is 0 Å². The van der Waals surface area contributed by atoms with Crippen LogP contribution in [0.3, 0.4) is 0 Å². The van der Waals surface area contributed by atoms with Crippen LogP contribution in [0, 0.1) is 0 Å². The van der Waals surface area contributed by atoms with Crippen LogP contribution in [0.1, 0.15) is 92.7 Å². The lowest BCUT2D eigenvalue weighted by Gasteiger charge is -2.39. The van der Waals surface area contributed by atoms with Gasteiger partial charge in [0.1, 0.15) is 17.0 Å². The van der Waals surface area contributed by atoms with E-state index in [4.69, 9.17) is 9.47 Å². The van der Waals surface area contributed by atoms with Crippen molar-refractivity contribution < 1.29 is 19.1 Å². The molecule has 2 heterocycles. The number of pyridine rings is 1. The first-order valence-corrected chi connectivity index (χ1v) is 11.3. The number of hydrogen-bond acceptors (Lipinski definition) is 5. The van der Waals surface area contributed by atoms with Crippen LogP contribution >= 0.6 is 0 Å². The number of carbonyl (C=O) groups is 2. The van der Waals surface area contributed by atoms with E-state index < -0.39 is 17.3 Å². The first-order valence-electron chi connectivity index (χ1n) is 11.3. The molecule has 174 valence electrons. The summed E-state index contributed by atoms with van der Waals surface area (Å²) in [6.07, 6.45) is 4.37. The number of ether oxygens (including phenoxy) is 2. The molecule has 0 aliphatic carbocycles. The fraction of sp³-hybridized carbons (Fsp3) is 0.708. The molecule has 2 unspecified atom stereocenters. The molecule has 0 N–H and O–H groups in total. The highest BCUT2D eigenvalue weighted by atomic mass is 16.6. The lowest BCUT2D eigenvalue weighted by Crippen LogP contribution is -2.45. The van der Waals surface area contributed by atoms with Crippen LogP contribution < -0.4 is 4.90 Å². The lowest BCUT2D eigenvalue weighted by atomic mass is 9.95. The predicted octanol–water partition coefficient (Wildman–Crippen LogP) is 6.08. The maximum Gasteiger partial charge on any atom is 0.416 e. The van der Waals surface area contributed by atoms with Gasteiger partial charge in [-0.1, -0.05) is 13.0 Å². The second-order valence-corrected chi connectivity index (χ2v) is 10.2. The molecular weight excluding hydrogens is 394 g/mol. The Morgan fingerprint density at radius 2 is 1.81 bits per heavy atom. The van der Waals surface area contributed by atoms with Crippen molar-refractivity contribution >= 4 is 18.0 Å². The van der Waals surface area contributed by atoms with Crippen molar-refractivity contribution in [3.8, 4) is 0 Å². The number of piperidine rings is 1. The summed E-state index contributed by atoms with van der Waals surface area (Å²) < 4.78 is 11.4. The Kier molecular flexibility index (Phi) is 7.95. The van der Waals surface area contributed by atoms with Crippen LogP contribution in [0.4, 0.5) is 15.4 Å². The molecule has 31 heavy (non-hydrogen) atoms. The molecule has 1 aromatic heterocycles. The van der Waals surface area contributed by atoms with Gasteiger partial charge in [-0.05, 0) is 80.2 Å². The highest BCUT2D eigenvalue weighted by molar-refractivity contribution is 5.88. The van der Waals surface area contributed by atoms with Crippen LogP contribution in [0.5, 0.6) is 0 Å². The zero-order chi connectivity index (χ0) is 23.4. The molecule has 0 aromatic carbocycles. The van der Waals surface area contributed by atoms with Gasteiger partial charge < -0.3 is 14.4 Å². The van der Waals surface area contributed by atoms with E-state index in [2.05, 4.69) is 4.98 Å². The molecule has 2 amide bonds. The third-order valence-electron chi connectivity index (χ3n) is 5.16. The molecule has 2 rings (SSSR count). The van der Waals surface area contributed by atoms with Gasteiger partial charge in [0.2, 0.25) is 0 Å². The van der Waals surface area contributed by atoms with E-state index in [0.29, 0.717) is 12.4 Å². The minimum absolute atomic E-state index is 0.109. The summed E-state index contributed by atoms with van der Waals surface area (Å²) in [4.78, 5) is 34.1. The van der Waals surface area contributed by atoms with Crippen LogP contribution in [-0.2, 0) is 9.47 Å². The number of likely N-dealkylation sites (tertiary alicyclic amines) is 1. The lowest BCUT2D eigenvalue weighted by molar-refractivity contribution is 0.00955. The molecule has 7 heteroatoms. The number of rotatable bonds is 4. The molecule has 7 nitrogen and oxygen atoms in total. The van der Waals surface area contributed by atoms with E-state index in [1.54, 1.807) is 16.0 Å². The third kappa shape index (κ3) is 6.84. The molecule has 0 bridgehead atoms. The maximum absolute atomic E-state index is 13.2. The van der Waals surface area contributed by atoms with E-state index in [-0.39, 0.29) is 18.2 Å². The number of nitrogens with zero attached hydrogens (tertiary/aromatic N) is 3. The van der Waals surface area contributed by atoms with E-state index in [9.17, 15) is 9.59 Å². The molecule has 1 fully saturated rings. The summed E-state index contributed by atoms with van der Waals surface area (Å²) in [5, 5.41) is 0. The molecule has 1 aliphatic rings. The van der Waals surface area contributed by atoms with Crippen molar-refractivity contribution in [1.29, 1.82) is 0 Å². The summed E-state index contributed by atoms with van der Waals surface area (Å²) in [7, 11) is 0. The van der Waals surface area contributed by atoms with Gasteiger partial charge in [0, 0.05) is 24.3 Å². The monoisotopic (exact) mass is 433 g/mol. The minimum Gasteiger partial charge on any atom is -0.444 e. The summed E-state index contributed by atoms with van der Waals surface area (Å²) in [6.45, 7) is 15.8. The number of aromatic nitrogens is 1. The molecule has 0 saturated carbocycles. The quantitative estimate of drug-likeness (QED) is 0.575. The summed E-state index contributed by atoms with van der Waals surface area (Å²) in [6, 6.07) is 3.49.